The zero-order chi connectivity index (χ0) is 11.7. The van der Waals surface area contributed by atoms with Crippen LogP contribution in [-0.4, -0.2) is 36.6 Å². The van der Waals surface area contributed by atoms with Crippen molar-refractivity contribution in [3.8, 4) is 0 Å². The zero-order valence-electron chi connectivity index (χ0n) is 11.3. The molecule has 2 saturated heterocycles. The summed E-state index contributed by atoms with van der Waals surface area (Å²) < 4.78 is 0. The van der Waals surface area contributed by atoms with Crippen molar-refractivity contribution in [2.24, 2.45) is 11.8 Å². The Balaban J connectivity index is 1.57. The van der Waals surface area contributed by atoms with E-state index in [0.717, 1.165) is 23.9 Å². The van der Waals surface area contributed by atoms with E-state index in [1.165, 1.54) is 64.6 Å². The number of hydrogen-bond acceptors (Lipinski definition) is 2. The molecule has 1 N–H and O–H groups in total. The summed E-state index contributed by atoms with van der Waals surface area (Å²) in [6.07, 6.45) is 10.3. The molecule has 17 heavy (non-hydrogen) atoms. The number of likely N-dealkylation sites (tertiary alicyclic amines) is 1. The molecule has 3 fully saturated rings. The maximum atomic E-state index is 3.70. The smallest absolute Gasteiger partial charge is 0.0221 e. The molecule has 0 aromatic carbocycles. The Labute approximate surface area is 106 Å². The van der Waals surface area contributed by atoms with Gasteiger partial charge in [-0.25, -0.2) is 0 Å². The molecule has 1 aliphatic carbocycles. The van der Waals surface area contributed by atoms with E-state index < -0.39 is 0 Å². The summed E-state index contributed by atoms with van der Waals surface area (Å²) in [6.45, 7) is 6.35. The summed E-state index contributed by atoms with van der Waals surface area (Å²) in [6, 6.07) is 1.71. The second kappa shape index (κ2) is 5.27. The van der Waals surface area contributed by atoms with Gasteiger partial charge in [-0.15, -0.1) is 0 Å². The Morgan fingerprint density at radius 3 is 2.59 bits per heavy atom. The highest BCUT2D eigenvalue weighted by atomic mass is 15.2. The highest BCUT2D eigenvalue weighted by Crippen LogP contribution is 2.35. The first-order valence-electron chi connectivity index (χ1n) is 7.82. The monoisotopic (exact) mass is 236 g/mol. The minimum absolute atomic E-state index is 0.775. The molecular formula is C15H28N2. The second-order valence-corrected chi connectivity index (χ2v) is 6.58. The molecular weight excluding hydrogens is 208 g/mol. The third kappa shape index (κ3) is 2.53. The van der Waals surface area contributed by atoms with Gasteiger partial charge >= 0.3 is 0 Å². The van der Waals surface area contributed by atoms with Gasteiger partial charge in [0, 0.05) is 18.6 Å². The van der Waals surface area contributed by atoms with Gasteiger partial charge in [0.1, 0.15) is 0 Å². The van der Waals surface area contributed by atoms with Crippen LogP contribution in [0.3, 0.4) is 0 Å². The number of hydrogen-bond donors (Lipinski definition) is 1. The largest absolute Gasteiger partial charge is 0.312 e. The minimum atomic E-state index is 0.775. The van der Waals surface area contributed by atoms with Crippen LogP contribution in [0.2, 0.25) is 0 Å². The fourth-order valence-electron chi connectivity index (χ4n) is 4.35. The van der Waals surface area contributed by atoms with Crippen LogP contribution in [0.1, 0.15) is 51.9 Å². The third-order valence-corrected chi connectivity index (χ3v) is 5.48. The summed E-state index contributed by atoms with van der Waals surface area (Å²) in [7, 11) is 0. The molecule has 0 bridgehead atoms. The van der Waals surface area contributed by atoms with Crippen LogP contribution in [0.25, 0.3) is 0 Å². The molecule has 2 heterocycles. The molecule has 0 aromatic rings. The van der Waals surface area contributed by atoms with Crippen LogP contribution in [0.4, 0.5) is 0 Å². The molecule has 3 atom stereocenters. The maximum Gasteiger partial charge on any atom is 0.0221 e. The predicted molar refractivity (Wildman–Crippen MR) is 72.1 cm³/mol. The van der Waals surface area contributed by atoms with Gasteiger partial charge in [-0.3, -0.25) is 4.90 Å². The van der Waals surface area contributed by atoms with E-state index in [1.807, 2.05) is 0 Å². The molecule has 0 radical (unpaired) electrons. The lowest BCUT2D eigenvalue weighted by atomic mass is 9.95. The van der Waals surface area contributed by atoms with Crippen molar-refractivity contribution in [3.63, 3.8) is 0 Å². The van der Waals surface area contributed by atoms with Crippen LogP contribution >= 0.6 is 0 Å². The summed E-state index contributed by atoms with van der Waals surface area (Å²) in [5, 5.41) is 3.70. The van der Waals surface area contributed by atoms with E-state index in [-0.39, 0.29) is 0 Å². The van der Waals surface area contributed by atoms with Gasteiger partial charge in [-0.2, -0.15) is 0 Å². The standard InChI is InChI=1S/C15H28N2/c1-12-8-9-16-14(12)11-17-10-4-7-15(17)13-5-2-3-6-13/h12-16H,2-11H2,1H3. The van der Waals surface area contributed by atoms with Gasteiger partial charge in [0.05, 0.1) is 0 Å². The normalized spacial score (nSPS) is 40.4. The van der Waals surface area contributed by atoms with Crippen LogP contribution in [0.5, 0.6) is 0 Å². The van der Waals surface area contributed by atoms with Gasteiger partial charge in [0.25, 0.3) is 0 Å². The lowest BCUT2D eigenvalue weighted by Crippen LogP contribution is -2.44. The maximum absolute atomic E-state index is 3.70. The Morgan fingerprint density at radius 2 is 1.88 bits per heavy atom. The van der Waals surface area contributed by atoms with Crippen LogP contribution in [-0.2, 0) is 0 Å². The number of rotatable bonds is 3. The van der Waals surface area contributed by atoms with Crippen molar-refractivity contribution >= 4 is 0 Å². The average molecular weight is 236 g/mol. The highest BCUT2D eigenvalue weighted by molar-refractivity contribution is 4.91. The average Bonchev–Trinajstić information content (AvgIpc) is 3.02. The zero-order valence-corrected chi connectivity index (χ0v) is 11.3. The van der Waals surface area contributed by atoms with Gasteiger partial charge in [-0.1, -0.05) is 19.8 Å². The Morgan fingerprint density at radius 1 is 1.06 bits per heavy atom. The molecule has 2 nitrogen and oxygen atoms in total. The van der Waals surface area contributed by atoms with E-state index in [0.29, 0.717) is 0 Å². The molecule has 3 aliphatic rings. The molecule has 0 amide bonds. The fraction of sp³-hybridized carbons (Fsp3) is 1.00. The molecule has 98 valence electrons. The second-order valence-electron chi connectivity index (χ2n) is 6.58. The molecule has 0 spiro atoms. The Hall–Kier alpha value is -0.0800. The molecule has 3 unspecified atom stereocenters. The molecule has 3 rings (SSSR count). The van der Waals surface area contributed by atoms with E-state index >= 15 is 0 Å². The first kappa shape index (κ1) is 12.0. The van der Waals surface area contributed by atoms with Crippen molar-refractivity contribution in [1.29, 1.82) is 0 Å². The fourth-order valence-corrected chi connectivity index (χ4v) is 4.35. The van der Waals surface area contributed by atoms with Crippen LogP contribution in [0.15, 0.2) is 0 Å². The van der Waals surface area contributed by atoms with Crippen molar-refractivity contribution < 1.29 is 0 Å². The predicted octanol–water partition coefficient (Wildman–Crippen LogP) is 2.64. The Kier molecular flexibility index (Phi) is 3.72. The van der Waals surface area contributed by atoms with Crippen LogP contribution in [0, 0.1) is 11.8 Å². The van der Waals surface area contributed by atoms with Gasteiger partial charge in [0.2, 0.25) is 0 Å². The third-order valence-electron chi connectivity index (χ3n) is 5.48. The van der Waals surface area contributed by atoms with Crippen LogP contribution < -0.4 is 5.32 Å². The molecule has 0 aromatic heterocycles. The topological polar surface area (TPSA) is 15.3 Å². The van der Waals surface area contributed by atoms with Crippen molar-refractivity contribution in [2.75, 3.05) is 19.6 Å². The number of nitrogens with zero attached hydrogens (tertiary/aromatic N) is 1. The quantitative estimate of drug-likeness (QED) is 0.810. The lowest BCUT2D eigenvalue weighted by molar-refractivity contribution is 0.168. The van der Waals surface area contributed by atoms with E-state index in [2.05, 4.69) is 17.1 Å². The lowest BCUT2D eigenvalue weighted by Gasteiger charge is -2.32. The van der Waals surface area contributed by atoms with Gasteiger partial charge in [0.15, 0.2) is 0 Å². The first-order valence-corrected chi connectivity index (χ1v) is 7.82. The molecule has 1 saturated carbocycles. The Bertz CT molecular complexity index is 247. The molecule has 2 aliphatic heterocycles. The molecule has 2 heteroatoms. The van der Waals surface area contributed by atoms with Gasteiger partial charge in [-0.05, 0) is 57.0 Å². The van der Waals surface area contributed by atoms with Crippen molar-refractivity contribution in [1.82, 2.24) is 10.2 Å². The van der Waals surface area contributed by atoms with E-state index in [4.69, 9.17) is 0 Å². The summed E-state index contributed by atoms with van der Waals surface area (Å²) in [4.78, 5) is 2.83. The van der Waals surface area contributed by atoms with Crippen molar-refractivity contribution in [3.05, 3.63) is 0 Å². The van der Waals surface area contributed by atoms with E-state index in [1.54, 1.807) is 0 Å². The SMILES string of the molecule is CC1CCNC1CN1CCCC1C1CCCC1. The van der Waals surface area contributed by atoms with Gasteiger partial charge < -0.3 is 5.32 Å². The summed E-state index contributed by atoms with van der Waals surface area (Å²) in [5.74, 6) is 1.93. The minimum Gasteiger partial charge on any atom is -0.312 e. The number of nitrogens with one attached hydrogen (secondary N) is 1. The highest BCUT2D eigenvalue weighted by Gasteiger charge is 2.35. The van der Waals surface area contributed by atoms with E-state index in [9.17, 15) is 0 Å². The summed E-state index contributed by atoms with van der Waals surface area (Å²) >= 11 is 0. The first-order chi connectivity index (χ1) is 8.34. The van der Waals surface area contributed by atoms with Crippen molar-refractivity contribution in [2.45, 2.75) is 64.0 Å². The summed E-state index contributed by atoms with van der Waals surface area (Å²) in [5.41, 5.74) is 0.